The molecule has 2 aromatic carbocycles. The van der Waals surface area contributed by atoms with Crippen LogP contribution in [0.15, 0.2) is 49.3 Å². The summed E-state index contributed by atoms with van der Waals surface area (Å²) in [5.41, 5.74) is 1.94. The van der Waals surface area contributed by atoms with Gasteiger partial charge in [-0.05, 0) is 83.5 Å². The van der Waals surface area contributed by atoms with Gasteiger partial charge in [0.15, 0.2) is 0 Å². The third-order valence-corrected chi connectivity index (χ3v) is 8.86. The maximum absolute atomic E-state index is 13.6. The highest BCUT2D eigenvalue weighted by Gasteiger charge is 2.30. The van der Waals surface area contributed by atoms with Gasteiger partial charge < -0.3 is 20.3 Å². The number of halogens is 2. The summed E-state index contributed by atoms with van der Waals surface area (Å²) in [7, 11) is 0. The van der Waals surface area contributed by atoms with Gasteiger partial charge in [-0.15, -0.1) is 0 Å². The van der Waals surface area contributed by atoms with Crippen molar-refractivity contribution in [3.8, 4) is 5.75 Å². The van der Waals surface area contributed by atoms with E-state index in [4.69, 9.17) is 16.3 Å². The summed E-state index contributed by atoms with van der Waals surface area (Å²) in [6.45, 7) is 18.8. The number of aromatic nitrogens is 2. The number of hydrogen-bond acceptors (Lipinski definition) is 8. The van der Waals surface area contributed by atoms with Crippen LogP contribution in [0.25, 0.3) is 10.9 Å². The Morgan fingerprint density at radius 2 is 1.86 bits per heavy atom. The number of piperidine rings is 1. The SMILES string of the molecule is C=CC(=O)Nc1cc2c(Nc3ccc(F)c(Cl)c3)ncnc2cc1OCCCN1CCC(N2CCN(C(C)(C)C)CC2)CC1. The summed E-state index contributed by atoms with van der Waals surface area (Å²) in [5.74, 6) is 0.150. The standard InChI is InChI=1S/C33H43ClFN7O2/c1-5-31(43)39-29-20-25-28(36-22-37-32(25)38-23-7-8-27(35)26(34)19-23)21-30(29)44-18-6-11-40-12-9-24(10-13-40)41-14-16-42(17-15-41)33(2,3)4/h5,7-8,19-22,24H,1,6,9-18H2,2-4H3,(H,39,43)(H,36,37,38). The Labute approximate surface area is 264 Å². The summed E-state index contributed by atoms with van der Waals surface area (Å²) in [6, 6.07) is 8.59. The van der Waals surface area contributed by atoms with E-state index in [-0.39, 0.29) is 16.5 Å². The summed E-state index contributed by atoms with van der Waals surface area (Å²) in [4.78, 5) is 28.8. The molecule has 3 heterocycles. The van der Waals surface area contributed by atoms with Crippen LogP contribution in [0.5, 0.6) is 5.75 Å². The van der Waals surface area contributed by atoms with Crippen LogP contribution in [0.4, 0.5) is 21.6 Å². The highest BCUT2D eigenvalue weighted by Crippen LogP contribution is 2.34. The zero-order valence-electron chi connectivity index (χ0n) is 25.9. The minimum atomic E-state index is -0.504. The number of ether oxygens (including phenoxy) is 1. The van der Waals surface area contributed by atoms with E-state index in [1.54, 1.807) is 18.2 Å². The predicted octanol–water partition coefficient (Wildman–Crippen LogP) is 5.94. The van der Waals surface area contributed by atoms with Gasteiger partial charge in [0.1, 0.15) is 23.7 Å². The minimum absolute atomic E-state index is 0.00187. The van der Waals surface area contributed by atoms with E-state index in [2.05, 4.69) is 62.7 Å². The van der Waals surface area contributed by atoms with Crippen molar-refractivity contribution in [2.24, 2.45) is 0 Å². The zero-order chi connectivity index (χ0) is 31.3. The number of rotatable bonds is 10. The second-order valence-corrected chi connectivity index (χ2v) is 12.9. The Kier molecular flexibility index (Phi) is 10.4. The molecule has 44 heavy (non-hydrogen) atoms. The monoisotopic (exact) mass is 623 g/mol. The molecule has 1 aromatic heterocycles. The lowest BCUT2D eigenvalue weighted by Crippen LogP contribution is -2.57. The van der Waals surface area contributed by atoms with Gasteiger partial charge in [0.25, 0.3) is 0 Å². The molecule has 2 aliphatic rings. The molecule has 5 rings (SSSR count). The van der Waals surface area contributed by atoms with E-state index < -0.39 is 5.82 Å². The Hall–Kier alpha value is -3.31. The Balaban J connectivity index is 1.17. The van der Waals surface area contributed by atoms with Crippen LogP contribution in [-0.4, -0.2) is 94.6 Å². The van der Waals surface area contributed by atoms with Crippen molar-refractivity contribution in [3.05, 3.63) is 60.2 Å². The Bertz CT molecular complexity index is 1460. The van der Waals surface area contributed by atoms with Gasteiger partial charge in [-0.3, -0.25) is 14.6 Å². The molecule has 11 heteroatoms. The molecule has 2 N–H and O–H groups in total. The molecule has 1 amide bonds. The molecule has 0 radical (unpaired) electrons. The quantitative estimate of drug-likeness (QED) is 0.212. The first-order valence-corrected chi connectivity index (χ1v) is 15.8. The number of nitrogens with zero attached hydrogens (tertiary/aromatic N) is 5. The fourth-order valence-electron chi connectivity index (χ4n) is 6.03. The molecular formula is C33H43ClFN7O2. The number of anilines is 3. The van der Waals surface area contributed by atoms with Crippen LogP contribution in [-0.2, 0) is 4.79 Å². The van der Waals surface area contributed by atoms with E-state index >= 15 is 0 Å². The zero-order valence-corrected chi connectivity index (χ0v) is 26.7. The smallest absolute Gasteiger partial charge is 0.247 e. The number of amides is 1. The summed E-state index contributed by atoms with van der Waals surface area (Å²) in [5, 5.41) is 6.66. The van der Waals surface area contributed by atoms with Gasteiger partial charge in [0.05, 0.1) is 22.8 Å². The maximum Gasteiger partial charge on any atom is 0.247 e. The molecule has 0 atom stereocenters. The van der Waals surface area contributed by atoms with Gasteiger partial charge in [0.2, 0.25) is 5.91 Å². The molecule has 2 aliphatic heterocycles. The summed E-state index contributed by atoms with van der Waals surface area (Å²) in [6.07, 6.45) is 5.93. The van der Waals surface area contributed by atoms with E-state index in [1.165, 1.54) is 37.4 Å². The molecule has 0 aliphatic carbocycles. The normalized spacial score (nSPS) is 17.5. The van der Waals surface area contributed by atoms with Crippen LogP contribution in [0.1, 0.15) is 40.0 Å². The van der Waals surface area contributed by atoms with E-state index in [0.29, 0.717) is 46.5 Å². The van der Waals surface area contributed by atoms with Crippen molar-refractivity contribution in [1.29, 1.82) is 0 Å². The third kappa shape index (κ3) is 8.04. The molecule has 0 unspecified atom stereocenters. The van der Waals surface area contributed by atoms with E-state index in [9.17, 15) is 9.18 Å². The third-order valence-electron chi connectivity index (χ3n) is 8.57. The van der Waals surface area contributed by atoms with Crippen molar-refractivity contribution in [2.45, 2.75) is 51.6 Å². The number of nitrogens with one attached hydrogen (secondary N) is 2. The molecule has 3 aromatic rings. The van der Waals surface area contributed by atoms with Gasteiger partial charge in [-0.1, -0.05) is 18.2 Å². The molecule has 0 saturated carbocycles. The number of piperazine rings is 1. The van der Waals surface area contributed by atoms with E-state index in [1.807, 2.05) is 0 Å². The first-order valence-electron chi connectivity index (χ1n) is 15.4. The summed E-state index contributed by atoms with van der Waals surface area (Å²) < 4.78 is 19.8. The number of benzene rings is 2. The number of likely N-dealkylation sites (tertiary alicyclic amines) is 1. The van der Waals surface area contributed by atoms with Crippen molar-refractivity contribution in [1.82, 2.24) is 24.7 Å². The van der Waals surface area contributed by atoms with Crippen LogP contribution in [0.3, 0.4) is 0 Å². The van der Waals surface area contributed by atoms with Crippen LogP contribution in [0.2, 0.25) is 5.02 Å². The fraction of sp³-hybridized carbons (Fsp3) is 0.485. The Morgan fingerprint density at radius 3 is 2.55 bits per heavy atom. The van der Waals surface area contributed by atoms with Crippen molar-refractivity contribution in [3.63, 3.8) is 0 Å². The second-order valence-electron chi connectivity index (χ2n) is 12.5. The van der Waals surface area contributed by atoms with Crippen LogP contribution >= 0.6 is 11.6 Å². The second kappa shape index (κ2) is 14.2. The molecule has 0 spiro atoms. The average molecular weight is 624 g/mol. The van der Waals surface area contributed by atoms with Crippen molar-refractivity contribution in [2.75, 3.05) is 63.1 Å². The maximum atomic E-state index is 13.6. The lowest BCUT2D eigenvalue weighted by molar-refractivity contribution is -0.111. The van der Waals surface area contributed by atoms with E-state index in [0.717, 1.165) is 52.2 Å². The molecule has 2 saturated heterocycles. The molecule has 9 nitrogen and oxygen atoms in total. The number of carbonyl (C=O) groups is 1. The van der Waals surface area contributed by atoms with Gasteiger partial charge in [-0.25, -0.2) is 14.4 Å². The number of carbonyl (C=O) groups excluding carboxylic acids is 1. The topological polar surface area (TPSA) is 85.9 Å². The lowest BCUT2D eigenvalue weighted by atomic mass is 10.0. The van der Waals surface area contributed by atoms with Gasteiger partial charge in [-0.2, -0.15) is 0 Å². The van der Waals surface area contributed by atoms with Crippen LogP contribution in [0, 0.1) is 5.82 Å². The van der Waals surface area contributed by atoms with Crippen molar-refractivity contribution < 1.29 is 13.9 Å². The van der Waals surface area contributed by atoms with Crippen LogP contribution < -0.4 is 15.4 Å². The first-order chi connectivity index (χ1) is 21.1. The minimum Gasteiger partial charge on any atom is -0.491 e. The van der Waals surface area contributed by atoms with Gasteiger partial charge >= 0.3 is 0 Å². The Morgan fingerprint density at radius 1 is 1.11 bits per heavy atom. The molecule has 0 bridgehead atoms. The number of fused-ring (bicyclic) bond motifs is 1. The highest BCUT2D eigenvalue weighted by molar-refractivity contribution is 6.31. The predicted molar refractivity (Wildman–Crippen MR) is 176 cm³/mol. The molecule has 2 fully saturated rings. The average Bonchev–Trinajstić information content (AvgIpc) is 3.01. The first kappa shape index (κ1) is 32.1. The van der Waals surface area contributed by atoms with Crippen molar-refractivity contribution >= 4 is 45.6 Å². The lowest BCUT2D eigenvalue weighted by Gasteiger charge is -2.46. The molecule has 236 valence electrons. The number of hydrogen-bond donors (Lipinski definition) is 2. The highest BCUT2D eigenvalue weighted by atomic mass is 35.5. The fourth-order valence-corrected chi connectivity index (χ4v) is 6.21. The summed E-state index contributed by atoms with van der Waals surface area (Å²) >= 11 is 5.96. The molecular weight excluding hydrogens is 581 g/mol. The van der Waals surface area contributed by atoms with Gasteiger partial charge in [0, 0.05) is 61.4 Å². The largest absolute Gasteiger partial charge is 0.491 e.